The standard InChI is InChI=1S/C17H14F3NO3/c1-22-13-8-7-10(9-14(13)23-2)16-21-12-6-4-3-5-11(12)15(24-16)17(18,19)20/h3-9,16H,1-2H3. The van der Waals surface area contributed by atoms with Crippen LogP contribution < -0.4 is 20.0 Å². The Balaban J connectivity index is 2.12. The van der Waals surface area contributed by atoms with E-state index in [-0.39, 0.29) is 10.6 Å². The summed E-state index contributed by atoms with van der Waals surface area (Å²) in [6, 6.07) is 10.8. The molecule has 0 aromatic heterocycles. The molecule has 0 bridgehead atoms. The fraction of sp³-hybridized carbons (Fsp3) is 0.235. The highest BCUT2D eigenvalue weighted by atomic mass is 19.4. The number of halogens is 3. The third kappa shape index (κ3) is 2.89. The zero-order valence-corrected chi connectivity index (χ0v) is 12.9. The van der Waals surface area contributed by atoms with Crippen molar-refractivity contribution < 1.29 is 27.4 Å². The first-order chi connectivity index (χ1) is 11.4. The van der Waals surface area contributed by atoms with Gasteiger partial charge < -0.3 is 14.2 Å². The number of methoxy groups -OCH3 is 2. The number of benzene rings is 2. The van der Waals surface area contributed by atoms with Gasteiger partial charge in [0.1, 0.15) is 0 Å². The molecule has 3 rings (SSSR count). The minimum atomic E-state index is -4.61. The Kier molecular flexibility index (Phi) is 4.09. The molecule has 0 radical (unpaired) electrons. The number of nitrogens with zero attached hydrogens (tertiary/aromatic N) is 1. The van der Waals surface area contributed by atoms with Crippen molar-refractivity contribution in [2.45, 2.75) is 12.4 Å². The van der Waals surface area contributed by atoms with E-state index in [1.54, 1.807) is 24.3 Å². The number of ether oxygens (including phenoxy) is 3. The normalized spacial score (nSPS) is 16.7. The summed E-state index contributed by atoms with van der Waals surface area (Å²) in [7, 11) is 2.92. The molecule has 0 aliphatic carbocycles. The molecule has 2 aromatic rings. The van der Waals surface area contributed by atoms with Crippen LogP contribution in [0.2, 0.25) is 0 Å². The van der Waals surface area contributed by atoms with Crippen LogP contribution in [0.5, 0.6) is 11.5 Å². The first-order valence-electron chi connectivity index (χ1n) is 7.07. The van der Waals surface area contributed by atoms with Gasteiger partial charge in [-0.3, -0.25) is 0 Å². The van der Waals surface area contributed by atoms with Crippen molar-refractivity contribution in [1.29, 1.82) is 0 Å². The largest absolute Gasteiger partial charge is 0.493 e. The molecule has 1 heterocycles. The number of fused-ring (bicyclic) bond motifs is 1. The second-order valence-electron chi connectivity index (χ2n) is 5.06. The molecule has 1 atom stereocenters. The SMILES string of the molecule is COc1ccc(C2N=c3ccccc3=C(C(F)(F)F)O2)cc1OC. The third-order valence-electron chi connectivity index (χ3n) is 3.58. The van der Waals surface area contributed by atoms with Crippen molar-refractivity contribution in [1.82, 2.24) is 0 Å². The van der Waals surface area contributed by atoms with Crippen molar-refractivity contribution in [2.75, 3.05) is 14.2 Å². The Labute approximate surface area is 135 Å². The lowest BCUT2D eigenvalue weighted by Crippen LogP contribution is -2.37. The number of hydrogen-bond donors (Lipinski definition) is 0. The van der Waals surface area contributed by atoms with E-state index < -0.39 is 18.2 Å². The van der Waals surface area contributed by atoms with Crippen LogP contribution >= 0.6 is 0 Å². The second-order valence-corrected chi connectivity index (χ2v) is 5.06. The van der Waals surface area contributed by atoms with Gasteiger partial charge in [0, 0.05) is 10.8 Å². The Morgan fingerprint density at radius 2 is 1.71 bits per heavy atom. The summed E-state index contributed by atoms with van der Waals surface area (Å²) in [5, 5.41) is 0.164. The fourth-order valence-electron chi connectivity index (χ4n) is 2.47. The van der Waals surface area contributed by atoms with E-state index >= 15 is 0 Å². The maximum Gasteiger partial charge on any atom is 0.449 e. The maximum absolute atomic E-state index is 13.3. The van der Waals surface area contributed by atoms with E-state index in [2.05, 4.69) is 4.99 Å². The van der Waals surface area contributed by atoms with E-state index in [1.807, 2.05) is 0 Å². The van der Waals surface area contributed by atoms with E-state index in [9.17, 15) is 13.2 Å². The van der Waals surface area contributed by atoms with Crippen LogP contribution in [0, 0.1) is 0 Å². The molecule has 1 aliphatic rings. The molecule has 1 aliphatic heterocycles. The van der Waals surface area contributed by atoms with Crippen LogP contribution in [-0.2, 0) is 4.74 Å². The van der Waals surface area contributed by atoms with Crippen LogP contribution in [0.1, 0.15) is 11.8 Å². The smallest absolute Gasteiger partial charge is 0.449 e. The van der Waals surface area contributed by atoms with Gasteiger partial charge in [0.25, 0.3) is 0 Å². The van der Waals surface area contributed by atoms with Crippen molar-refractivity contribution in [3.05, 3.63) is 58.6 Å². The van der Waals surface area contributed by atoms with Gasteiger partial charge in [-0.05, 0) is 30.3 Å². The van der Waals surface area contributed by atoms with Crippen molar-refractivity contribution in [3.63, 3.8) is 0 Å². The monoisotopic (exact) mass is 337 g/mol. The van der Waals surface area contributed by atoms with Gasteiger partial charge in [-0.1, -0.05) is 12.1 Å². The molecule has 126 valence electrons. The average Bonchev–Trinajstić information content (AvgIpc) is 2.59. The molecule has 7 heteroatoms. The number of rotatable bonds is 3. The Morgan fingerprint density at radius 3 is 2.38 bits per heavy atom. The first-order valence-corrected chi connectivity index (χ1v) is 7.07. The zero-order chi connectivity index (χ0) is 17.3. The van der Waals surface area contributed by atoms with Crippen LogP contribution in [0.4, 0.5) is 13.2 Å². The molecule has 0 N–H and O–H groups in total. The third-order valence-corrected chi connectivity index (χ3v) is 3.58. The molecule has 1 unspecified atom stereocenters. The molecule has 0 fully saturated rings. The lowest BCUT2D eigenvalue weighted by molar-refractivity contribution is -0.105. The van der Waals surface area contributed by atoms with Crippen molar-refractivity contribution in [3.8, 4) is 11.5 Å². The minimum Gasteiger partial charge on any atom is -0.493 e. The van der Waals surface area contributed by atoms with Gasteiger partial charge >= 0.3 is 6.18 Å². The van der Waals surface area contributed by atoms with Crippen LogP contribution in [0.3, 0.4) is 0 Å². The molecular weight excluding hydrogens is 323 g/mol. The molecule has 2 aromatic carbocycles. The van der Waals surface area contributed by atoms with Crippen molar-refractivity contribution in [2.24, 2.45) is 4.99 Å². The van der Waals surface area contributed by atoms with Gasteiger partial charge in [-0.2, -0.15) is 13.2 Å². The predicted octanol–water partition coefficient (Wildman–Crippen LogP) is 2.72. The lowest BCUT2D eigenvalue weighted by Gasteiger charge is -2.23. The van der Waals surface area contributed by atoms with Gasteiger partial charge in [0.2, 0.25) is 12.0 Å². The molecule has 24 heavy (non-hydrogen) atoms. The lowest BCUT2D eigenvalue weighted by atomic mass is 10.1. The molecule has 0 spiro atoms. The van der Waals surface area contributed by atoms with Crippen LogP contribution in [0.15, 0.2) is 47.5 Å². The molecule has 0 saturated heterocycles. The van der Waals surface area contributed by atoms with E-state index in [0.717, 1.165) is 0 Å². The fourth-order valence-corrected chi connectivity index (χ4v) is 2.47. The number of hydrogen-bond acceptors (Lipinski definition) is 4. The maximum atomic E-state index is 13.3. The quantitative estimate of drug-likeness (QED) is 0.865. The number of para-hydroxylation sites is 1. The summed E-state index contributed by atoms with van der Waals surface area (Å²) in [5.74, 6) is -0.188. The number of alkyl halides is 3. The van der Waals surface area contributed by atoms with Gasteiger partial charge in [0.15, 0.2) is 11.5 Å². The molecular formula is C17H14F3NO3. The van der Waals surface area contributed by atoms with Gasteiger partial charge in [0.05, 0.1) is 19.6 Å². The zero-order valence-electron chi connectivity index (χ0n) is 12.9. The van der Waals surface area contributed by atoms with Crippen LogP contribution in [0.25, 0.3) is 5.76 Å². The van der Waals surface area contributed by atoms with Crippen LogP contribution in [-0.4, -0.2) is 20.4 Å². The van der Waals surface area contributed by atoms with E-state index in [1.165, 1.54) is 32.4 Å². The highest BCUT2D eigenvalue weighted by Gasteiger charge is 2.40. The second kappa shape index (κ2) is 6.07. The van der Waals surface area contributed by atoms with E-state index in [4.69, 9.17) is 14.2 Å². The molecule has 0 amide bonds. The summed E-state index contributed by atoms with van der Waals surface area (Å²) in [4.78, 5) is 4.27. The first kappa shape index (κ1) is 16.2. The molecule has 0 saturated carbocycles. The summed E-state index contributed by atoms with van der Waals surface area (Å²) in [6.07, 6.45) is -5.72. The van der Waals surface area contributed by atoms with Gasteiger partial charge in [-0.15, -0.1) is 0 Å². The summed E-state index contributed by atoms with van der Waals surface area (Å²) >= 11 is 0. The Morgan fingerprint density at radius 1 is 1.00 bits per heavy atom. The summed E-state index contributed by atoms with van der Waals surface area (Å²) in [5.41, 5.74) is 0.434. The highest BCUT2D eigenvalue weighted by molar-refractivity contribution is 5.47. The average molecular weight is 337 g/mol. The summed E-state index contributed by atoms with van der Waals surface area (Å²) < 4.78 is 55.4. The molecule has 4 nitrogen and oxygen atoms in total. The predicted molar refractivity (Wildman–Crippen MR) is 80.1 cm³/mol. The highest BCUT2D eigenvalue weighted by Crippen LogP contribution is 2.36. The van der Waals surface area contributed by atoms with Gasteiger partial charge in [-0.25, -0.2) is 4.99 Å². The minimum absolute atomic E-state index is 0.0678. The van der Waals surface area contributed by atoms with E-state index in [0.29, 0.717) is 17.1 Å². The topological polar surface area (TPSA) is 40.0 Å². The van der Waals surface area contributed by atoms with Crippen molar-refractivity contribution >= 4 is 5.76 Å². The Bertz CT molecular complexity index is 877. The Hall–Kier alpha value is -2.70. The summed E-state index contributed by atoms with van der Waals surface area (Å²) in [6.45, 7) is 0.